The zero-order chi connectivity index (χ0) is 31.8. The van der Waals surface area contributed by atoms with Crippen LogP contribution in [0.3, 0.4) is 0 Å². The van der Waals surface area contributed by atoms with Gasteiger partial charge in [-0.2, -0.15) is 11.8 Å². The number of hydrogen-bond donors (Lipinski definition) is 0. The number of Topliss-reactive ketones (excluding diaryl/α,β-unsaturated/α-hetero) is 1. The fraction of sp³-hybridized carbons (Fsp3) is 0.697. The average Bonchev–Trinajstić information content (AvgIpc) is 3.16. The van der Waals surface area contributed by atoms with Crippen LogP contribution in [-0.2, 0) is 29.6 Å². The van der Waals surface area contributed by atoms with Gasteiger partial charge in [0.05, 0.1) is 30.3 Å². The molecule has 4 atom stereocenters. The number of carbonyl (C=O) groups excluding carboxylic acids is 2. The van der Waals surface area contributed by atoms with E-state index in [-0.39, 0.29) is 45.2 Å². The molecule has 0 radical (unpaired) electrons. The molecule has 42 heavy (non-hydrogen) atoms. The first-order valence-corrected chi connectivity index (χ1v) is 23.3. The molecule has 0 aliphatic heterocycles. The van der Waals surface area contributed by atoms with E-state index >= 15 is 0 Å². The lowest BCUT2D eigenvalue weighted by Crippen LogP contribution is -2.45. The number of carbonyl (C=O) groups is 2. The highest BCUT2D eigenvalue weighted by molar-refractivity contribution is 8.01. The van der Waals surface area contributed by atoms with Gasteiger partial charge in [-0.3, -0.25) is 9.59 Å². The lowest BCUT2D eigenvalue weighted by Gasteiger charge is -2.40. The molecule has 9 heteroatoms. The van der Waals surface area contributed by atoms with Crippen LogP contribution in [0.5, 0.6) is 0 Å². The van der Waals surface area contributed by atoms with Crippen LogP contribution >= 0.6 is 23.5 Å². The number of methoxy groups -OCH3 is 1. The monoisotopic (exact) mass is 652 g/mol. The van der Waals surface area contributed by atoms with Gasteiger partial charge in [0.25, 0.3) is 0 Å². The van der Waals surface area contributed by atoms with Crippen molar-refractivity contribution in [3.63, 3.8) is 0 Å². The molecule has 5 nitrogen and oxygen atoms in total. The first-order chi connectivity index (χ1) is 19.4. The molecule has 1 aromatic rings. The third-order valence-corrected chi connectivity index (χ3v) is 20.5. The molecule has 1 aliphatic carbocycles. The Morgan fingerprint density at radius 2 is 1.62 bits per heavy atom. The molecule has 0 bridgehead atoms. The van der Waals surface area contributed by atoms with E-state index in [1.165, 1.54) is 12.7 Å². The third-order valence-electron chi connectivity index (χ3n) is 9.01. The van der Waals surface area contributed by atoms with E-state index in [4.69, 9.17) is 13.6 Å². The Morgan fingerprint density at radius 1 is 1.00 bits per heavy atom. The summed E-state index contributed by atoms with van der Waals surface area (Å²) in [5.41, 5.74) is 1.25. The van der Waals surface area contributed by atoms with Gasteiger partial charge in [0.2, 0.25) is 0 Å². The van der Waals surface area contributed by atoms with Crippen molar-refractivity contribution in [1.82, 2.24) is 0 Å². The van der Waals surface area contributed by atoms with Crippen LogP contribution < -0.4 is 0 Å². The quantitative estimate of drug-likeness (QED) is 0.0814. The second-order valence-corrected chi connectivity index (χ2v) is 26.3. The van der Waals surface area contributed by atoms with Crippen molar-refractivity contribution < 1.29 is 23.2 Å². The molecule has 1 fully saturated rings. The molecular weight excluding hydrogens is 597 g/mol. The molecule has 0 N–H and O–H groups in total. The molecule has 1 saturated carbocycles. The van der Waals surface area contributed by atoms with E-state index in [9.17, 15) is 9.59 Å². The predicted molar refractivity (Wildman–Crippen MR) is 187 cm³/mol. The summed E-state index contributed by atoms with van der Waals surface area (Å²) in [5, 5.41) is 0.0252. The fourth-order valence-corrected chi connectivity index (χ4v) is 9.27. The Morgan fingerprint density at radius 3 is 2.19 bits per heavy atom. The van der Waals surface area contributed by atoms with Gasteiger partial charge in [-0.05, 0) is 59.8 Å². The maximum Gasteiger partial charge on any atom is 0.315 e. The zero-order valence-corrected chi connectivity index (χ0v) is 31.6. The van der Waals surface area contributed by atoms with Gasteiger partial charge in [0, 0.05) is 18.8 Å². The molecular formula is C33H56O5S2Si2. The topological polar surface area (TPSA) is 61.8 Å². The van der Waals surface area contributed by atoms with Gasteiger partial charge in [-0.25, -0.2) is 0 Å². The fourth-order valence-electron chi connectivity index (χ4n) is 4.35. The largest absolute Gasteiger partial charge is 0.468 e. The SMILES string of the molecule is COC(=O)CSCCCS[C@H]1C(=O)C[C@@H](O[Si](C)(C)C(C)(C)C)[C@@H]1C=CC(Cc1ccccc1)O[Si](C)(C)C(C)(C)C. The molecule has 0 amide bonds. The van der Waals surface area contributed by atoms with E-state index in [1.54, 1.807) is 23.5 Å². The lowest BCUT2D eigenvalue weighted by atomic mass is 10.0. The van der Waals surface area contributed by atoms with E-state index < -0.39 is 16.6 Å². The van der Waals surface area contributed by atoms with Crippen molar-refractivity contribution in [3.8, 4) is 0 Å². The van der Waals surface area contributed by atoms with E-state index in [2.05, 4.69) is 104 Å². The summed E-state index contributed by atoms with van der Waals surface area (Å²) in [7, 11) is -2.70. The summed E-state index contributed by atoms with van der Waals surface area (Å²) in [6, 6.07) is 10.5. The van der Waals surface area contributed by atoms with Crippen molar-refractivity contribution in [2.75, 3.05) is 24.4 Å². The molecule has 0 aromatic heterocycles. The highest BCUT2D eigenvalue weighted by Gasteiger charge is 2.47. The van der Waals surface area contributed by atoms with Crippen molar-refractivity contribution in [2.24, 2.45) is 5.92 Å². The maximum atomic E-state index is 13.5. The summed E-state index contributed by atoms with van der Waals surface area (Å²) < 4.78 is 18.6. The van der Waals surface area contributed by atoms with Gasteiger partial charge >= 0.3 is 5.97 Å². The first kappa shape index (κ1) is 37.3. The molecule has 0 heterocycles. The van der Waals surface area contributed by atoms with Crippen LogP contribution in [0.4, 0.5) is 0 Å². The summed E-state index contributed by atoms with van der Waals surface area (Å²) in [4.78, 5) is 24.9. The molecule has 1 aliphatic rings. The van der Waals surface area contributed by atoms with Crippen LogP contribution in [-0.4, -0.2) is 70.2 Å². The molecule has 0 spiro atoms. The maximum absolute atomic E-state index is 13.5. The summed E-state index contributed by atoms with van der Waals surface area (Å²) in [6.45, 7) is 22.7. The third kappa shape index (κ3) is 11.3. The number of ketones is 1. The molecule has 2 rings (SSSR count). The second kappa shape index (κ2) is 15.9. The molecule has 0 saturated heterocycles. The molecule has 1 aromatic carbocycles. The number of ether oxygens (including phenoxy) is 1. The predicted octanol–water partition coefficient (Wildman–Crippen LogP) is 8.55. The van der Waals surface area contributed by atoms with Crippen molar-refractivity contribution in [3.05, 3.63) is 48.0 Å². The van der Waals surface area contributed by atoms with Crippen LogP contribution in [0.1, 0.15) is 59.9 Å². The number of esters is 1. The lowest BCUT2D eigenvalue weighted by molar-refractivity contribution is -0.137. The Hall–Kier alpha value is -0.846. The molecule has 238 valence electrons. The van der Waals surface area contributed by atoms with Gasteiger partial charge in [0.15, 0.2) is 16.6 Å². The molecule has 1 unspecified atom stereocenters. The van der Waals surface area contributed by atoms with Gasteiger partial charge in [0.1, 0.15) is 5.78 Å². The normalized spacial score (nSPS) is 21.2. The number of benzene rings is 1. The number of thioether (sulfide) groups is 2. The average molecular weight is 653 g/mol. The minimum Gasteiger partial charge on any atom is -0.468 e. The van der Waals surface area contributed by atoms with Gasteiger partial charge in [-0.1, -0.05) is 84.0 Å². The smallest absolute Gasteiger partial charge is 0.315 e. The zero-order valence-electron chi connectivity index (χ0n) is 28.0. The van der Waals surface area contributed by atoms with Crippen LogP contribution in [0.25, 0.3) is 0 Å². The minimum absolute atomic E-state index is 0.000589. The Labute approximate surface area is 267 Å². The van der Waals surface area contributed by atoms with Gasteiger partial charge < -0.3 is 13.6 Å². The summed E-state index contributed by atoms with van der Waals surface area (Å²) >= 11 is 3.33. The van der Waals surface area contributed by atoms with Crippen LogP contribution in [0.2, 0.25) is 36.3 Å². The highest BCUT2D eigenvalue weighted by Crippen LogP contribution is 2.43. The summed E-state index contributed by atoms with van der Waals surface area (Å²) in [6.07, 6.45) is 6.50. The number of rotatable bonds is 15. The number of hydrogen-bond acceptors (Lipinski definition) is 7. The second-order valence-electron chi connectivity index (χ2n) is 14.4. The minimum atomic E-state index is -2.08. The van der Waals surface area contributed by atoms with Crippen molar-refractivity contribution >= 4 is 51.9 Å². The van der Waals surface area contributed by atoms with E-state index in [1.807, 2.05) is 6.07 Å². The van der Waals surface area contributed by atoms with Crippen LogP contribution in [0.15, 0.2) is 42.5 Å². The van der Waals surface area contributed by atoms with Crippen molar-refractivity contribution in [2.45, 2.75) is 115 Å². The first-order valence-electron chi connectivity index (χ1n) is 15.2. The standard InChI is InChI=1S/C33H56O5S2Si2/c1-32(2,3)41(8,9)37-26(22-25-16-13-12-14-17-25)18-19-27-29(38-42(10,11)33(4,5)6)23-28(34)31(27)40-21-15-20-39-24-30(35)36-7/h12-14,16-19,26-27,29,31H,15,20-24H2,1-11H3/t26?,27-,29+,31+/m0/s1. The Kier molecular flexibility index (Phi) is 14.2. The highest BCUT2D eigenvalue weighted by atomic mass is 32.2. The van der Waals surface area contributed by atoms with Crippen molar-refractivity contribution in [1.29, 1.82) is 0 Å². The van der Waals surface area contributed by atoms with E-state index in [0.29, 0.717) is 12.2 Å². The van der Waals surface area contributed by atoms with Gasteiger partial charge in [-0.15, -0.1) is 11.8 Å². The van der Waals surface area contributed by atoms with E-state index in [0.717, 1.165) is 24.3 Å². The van der Waals surface area contributed by atoms with Crippen LogP contribution in [0, 0.1) is 5.92 Å². The Bertz CT molecular complexity index is 1030. The summed E-state index contributed by atoms with van der Waals surface area (Å²) in [5.74, 6) is 2.20. The Balaban J connectivity index is 2.30.